The van der Waals surface area contributed by atoms with Crippen molar-refractivity contribution in [1.82, 2.24) is 4.98 Å². The van der Waals surface area contributed by atoms with Crippen LogP contribution in [-0.4, -0.2) is 27.5 Å². The highest BCUT2D eigenvalue weighted by atomic mass is 16.6. The van der Waals surface area contributed by atoms with Gasteiger partial charge in [0, 0.05) is 12.6 Å². The Morgan fingerprint density at radius 2 is 2.20 bits per heavy atom. The number of aromatic carboxylic acids is 1. The van der Waals surface area contributed by atoms with E-state index in [0.29, 0.717) is 12.4 Å². The van der Waals surface area contributed by atoms with Crippen LogP contribution in [0.3, 0.4) is 0 Å². The van der Waals surface area contributed by atoms with Crippen LogP contribution in [-0.2, 0) is 0 Å². The molecular formula is C13H17N3O4. The molecule has 0 unspecified atom stereocenters. The lowest BCUT2D eigenvalue weighted by atomic mass is 9.89. The zero-order chi connectivity index (χ0) is 14.8. The highest BCUT2D eigenvalue weighted by molar-refractivity contribution is 5.93. The van der Waals surface area contributed by atoms with E-state index in [1.165, 1.54) is 18.9 Å². The Balaban J connectivity index is 2.15. The van der Waals surface area contributed by atoms with Gasteiger partial charge in [-0.1, -0.05) is 19.8 Å². The molecule has 1 saturated carbocycles. The van der Waals surface area contributed by atoms with Gasteiger partial charge in [0.25, 0.3) is 0 Å². The molecule has 1 aromatic heterocycles. The number of carboxylic acid groups (broad SMARTS) is 1. The van der Waals surface area contributed by atoms with Crippen molar-refractivity contribution in [3.63, 3.8) is 0 Å². The number of anilines is 1. The summed E-state index contributed by atoms with van der Waals surface area (Å²) in [6.45, 7) is 2.87. The summed E-state index contributed by atoms with van der Waals surface area (Å²) < 4.78 is 0. The second-order valence-electron chi connectivity index (χ2n) is 5.52. The summed E-state index contributed by atoms with van der Waals surface area (Å²) in [7, 11) is 0. The van der Waals surface area contributed by atoms with E-state index in [0.717, 1.165) is 19.0 Å². The molecule has 2 rings (SSSR count). The summed E-state index contributed by atoms with van der Waals surface area (Å²) in [5.41, 5.74) is -0.647. The van der Waals surface area contributed by atoms with Crippen molar-refractivity contribution in [2.45, 2.75) is 32.6 Å². The van der Waals surface area contributed by atoms with Crippen LogP contribution in [0.25, 0.3) is 0 Å². The number of aromatic nitrogens is 1. The van der Waals surface area contributed by atoms with E-state index in [9.17, 15) is 14.9 Å². The number of rotatable bonds is 5. The molecule has 1 heterocycles. The Kier molecular flexibility index (Phi) is 3.87. The number of carboxylic acids is 1. The minimum atomic E-state index is -1.32. The van der Waals surface area contributed by atoms with Crippen LogP contribution in [0.1, 0.15) is 43.0 Å². The van der Waals surface area contributed by atoms with Crippen molar-refractivity contribution in [3.8, 4) is 0 Å². The van der Waals surface area contributed by atoms with Gasteiger partial charge in [-0.05, 0) is 18.3 Å². The zero-order valence-electron chi connectivity index (χ0n) is 11.3. The highest BCUT2D eigenvalue weighted by Crippen LogP contribution is 2.37. The number of carbonyl (C=O) groups is 1. The van der Waals surface area contributed by atoms with Gasteiger partial charge in [0.2, 0.25) is 0 Å². The van der Waals surface area contributed by atoms with Gasteiger partial charge in [0.05, 0.1) is 4.92 Å². The molecule has 7 nitrogen and oxygen atoms in total. The molecule has 1 aromatic rings. The standard InChI is InChI=1S/C13H17N3O4/c1-13(4-2-3-5-13)8-15-11-6-9(12(17)18)10(7-14-11)16(19)20/h6-7H,2-5,8H2,1H3,(H,14,15)(H,17,18). The fourth-order valence-corrected chi connectivity index (χ4v) is 2.57. The normalized spacial score (nSPS) is 16.9. The van der Waals surface area contributed by atoms with Crippen molar-refractivity contribution in [3.05, 3.63) is 27.9 Å². The van der Waals surface area contributed by atoms with E-state index in [1.807, 2.05) is 0 Å². The van der Waals surface area contributed by atoms with Gasteiger partial charge < -0.3 is 10.4 Å². The smallest absolute Gasteiger partial charge is 0.342 e. The first-order chi connectivity index (χ1) is 9.41. The quantitative estimate of drug-likeness (QED) is 0.634. The lowest BCUT2D eigenvalue weighted by molar-refractivity contribution is -0.385. The predicted molar refractivity (Wildman–Crippen MR) is 72.9 cm³/mol. The average molecular weight is 279 g/mol. The second kappa shape index (κ2) is 5.44. The zero-order valence-corrected chi connectivity index (χ0v) is 11.3. The molecule has 0 radical (unpaired) electrons. The summed E-state index contributed by atoms with van der Waals surface area (Å²) in [6.07, 6.45) is 5.64. The van der Waals surface area contributed by atoms with Crippen molar-refractivity contribution < 1.29 is 14.8 Å². The van der Waals surface area contributed by atoms with Gasteiger partial charge in [-0.15, -0.1) is 0 Å². The predicted octanol–water partition coefficient (Wildman–Crippen LogP) is 2.68. The van der Waals surface area contributed by atoms with Gasteiger partial charge in [0.1, 0.15) is 17.6 Å². The number of hydrogen-bond acceptors (Lipinski definition) is 5. The summed E-state index contributed by atoms with van der Waals surface area (Å²) in [6, 6.07) is 1.22. The van der Waals surface area contributed by atoms with E-state index in [4.69, 9.17) is 5.11 Å². The Morgan fingerprint density at radius 1 is 1.55 bits per heavy atom. The first-order valence-corrected chi connectivity index (χ1v) is 6.53. The fraction of sp³-hybridized carbons (Fsp3) is 0.538. The maximum absolute atomic E-state index is 11.0. The first-order valence-electron chi connectivity index (χ1n) is 6.53. The molecule has 1 aliphatic rings. The topological polar surface area (TPSA) is 105 Å². The molecule has 7 heteroatoms. The Labute approximate surface area is 116 Å². The van der Waals surface area contributed by atoms with Crippen LogP contribution in [0.2, 0.25) is 0 Å². The molecule has 0 amide bonds. The molecule has 0 saturated heterocycles. The monoisotopic (exact) mass is 279 g/mol. The molecule has 108 valence electrons. The first kappa shape index (κ1) is 14.2. The van der Waals surface area contributed by atoms with Gasteiger partial charge in [-0.25, -0.2) is 9.78 Å². The van der Waals surface area contributed by atoms with Crippen molar-refractivity contribution in [1.29, 1.82) is 0 Å². The minimum Gasteiger partial charge on any atom is -0.477 e. The molecule has 20 heavy (non-hydrogen) atoms. The highest BCUT2D eigenvalue weighted by Gasteiger charge is 2.28. The fourth-order valence-electron chi connectivity index (χ4n) is 2.57. The van der Waals surface area contributed by atoms with Gasteiger partial charge in [-0.3, -0.25) is 10.1 Å². The lowest BCUT2D eigenvalue weighted by Crippen LogP contribution is -2.23. The average Bonchev–Trinajstić information content (AvgIpc) is 2.83. The van der Waals surface area contributed by atoms with Crippen LogP contribution >= 0.6 is 0 Å². The van der Waals surface area contributed by atoms with Crippen LogP contribution < -0.4 is 5.32 Å². The van der Waals surface area contributed by atoms with Gasteiger partial charge in [0.15, 0.2) is 0 Å². The van der Waals surface area contributed by atoms with E-state index >= 15 is 0 Å². The number of hydrogen-bond donors (Lipinski definition) is 2. The third-order valence-corrected chi connectivity index (χ3v) is 3.82. The molecule has 1 fully saturated rings. The molecule has 0 aliphatic heterocycles. The number of nitro groups is 1. The molecule has 1 aliphatic carbocycles. The molecular weight excluding hydrogens is 262 g/mol. The Bertz CT molecular complexity index is 538. The van der Waals surface area contributed by atoms with Crippen molar-refractivity contribution in [2.24, 2.45) is 5.41 Å². The molecule has 0 aromatic carbocycles. The Morgan fingerprint density at radius 3 is 2.75 bits per heavy atom. The van der Waals surface area contributed by atoms with Gasteiger partial charge >= 0.3 is 11.7 Å². The van der Waals surface area contributed by atoms with E-state index in [-0.39, 0.29) is 11.0 Å². The number of nitrogens with one attached hydrogen (secondary N) is 1. The second-order valence-corrected chi connectivity index (χ2v) is 5.52. The van der Waals surface area contributed by atoms with E-state index in [2.05, 4.69) is 17.2 Å². The summed E-state index contributed by atoms with van der Waals surface area (Å²) in [4.78, 5) is 25.0. The van der Waals surface area contributed by atoms with E-state index < -0.39 is 16.6 Å². The van der Waals surface area contributed by atoms with Crippen LogP contribution in [0.4, 0.5) is 11.5 Å². The van der Waals surface area contributed by atoms with Crippen LogP contribution in [0.15, 0.2) is 12.3 Å². The third kappa shape index (κ3) is 3.04. The van der Waals surface area contributed by atoms with Crippen LogP contribution in [0.5, 0.6) is 0 Å². The largest absolute Gasteiger partial charge is 0.477 e. The lowest BCUT2D eigenvalue weighted by Gasteiger charge is -2.24. The number of pyridine rings is 1. The maximum atomic E-state index is 11.0. The maximum Gasteiger partial charge on any atom is 0.342 e. The molecule has 0 bridgehead atoms. The van der Waals surface area contributed by atoms with Crippen molar-refractivity contribution >= 4 is 17.5 Å². The summed E-state index contributed by atoms with van der Waals surface area (Å²) in [5.74, 6) is -0.963. The van der Waals surface area contributed by atoms with Crippen molar-refractivity contribution in [2.75, 3.05) is 11.9 Å². The molecule has 0 spiro atoms. The summed E-state index contributed by atoms with van der Waals surface area (Å²) >= 11 is 0. The van der Waals surface area contributed by atoms with Crippen LogP contribution in [0, 0.1) is 15.5 Å². The SMILES string of the molecule is CC1(CNc2cc(C(=O)O)c([N+](=O)[O-])cn2)CCCC1. The third-order valence-electron chi connectivity index (χ3n) is 3.82. The Hall–Kier alpha value is -2.18. The molecule has 0 atom stereocenters. The van der Waals surface area contributed by atoms with Gasteiger partial charge in [-0.2, -0.15) is 0 Å². The summed E-state index contributed by atoms with van der Waals surface area (Å²) in [5, 5.41) is 22.8. The number of nitrogens with zero attached hydrogens (tertiary/aromatic N) is 2. The molecule has 2 N–H and O–H groups in total. The van der Waals surface area contributed by atoms with E-state index in [1.54, 1.807) is 0 Å². The minimum absolute atomic E-state index is 0.187.